The number of likely N-dealkylation sites (tertiary alicyclic amines) is 1. The van der Waals surface area contributed by atoms with Gasteiger partial charge >= 0.3 is 0 Å². The van der Waals surface area contributed by atoms with Gasteiger partial charge in [-0.25, -0.2) is 0 Å². The van der Waals surface area contributed by atoms with Gasteiger partial charge in [0.1, 0.15) is 6.10 Å². The minimum absolute atomic E-state index is 0.0299. The van der Waals surface area contributed by atoms with Crippen LogP contribution >= 0.6 is 0 Å². The zero-order valence-electron chi connectivity index (χ0n) is 11.8. The quantitative estimate of drug-likeness (QED) is 0.782. The number of hydrogen-bond donors (Lipinski definition) is 0. The van der Waals surface area contributed by atoms with Crippen LogP contribution in [0.1, 0.15) is 30.1 Å². The first-order valence-electron chi connectivity index (χ1n) is 6.64. The number of carbonyl (C=O) groups excluding carboxylic acids is 1. The van der Waals surface area contributed by atoms with Crippen molar-refractivity contribution >= 4 is 5.78 Å². The fraction of sp³-hybridized carbons (Fsp3) is 0.533. The van der Waals surface area contributed by atoms with Gasteiger partial charge in [-0.3, -0.25) is 4.79 Å². The lowest BCUT2D eigenvalue weighted by molar-refractivity contribution is 0.100. The number of likely N-dealkylation sites (N-methyl/N-ethyl adjacent to an activating group) is 1. The van der Waals surface area contributed by atoms with Crippen LogP contribution in [0.15, 0.2) is 18.2 Å². The summed E-state index contributed by atoms with van der Waals surface area (Å²) < 4.78 is 11.3. The maximum absolute atomic E-state index is 11.4. The average molecular weight is 263 g/mol. The lowest BCUT2D eigenvalue weighted by Crippen LogP contribution is -2.38. The van der Waals surface area contributed by atoms with Gasteiger partial charge in [-0.05, 0) is 51.6 Å². The summed E-state index contributed by atoms with van der Waals surface area (Å²) in [5, 5.41) is 0. The summed E-state index contributed by atoms with van der Waals surface area (Å²) in [5.74, 6) is 1.37. The van der Waals surface area contributed by atoms with E-state index in [2.05, 4.69) is 11.9 Å². The molecule has 0 saturated carbocycles. The van der Waals surface area contributed by atoms with E-state index in [1.807, 2.05) is 6.07 Å². The van der Waals surface area contributed by atoms with Crippen LogP contribution in [-0.2, 0) is 0 Å². The summed E-state index contributed by atoms with van der Waals surface area (Å²) in [6, 6.07) is 5.35. The van der Waals surface area contributed by atoms with E-state index in [-0.39, 0.29) is 11.9 Å². The Morgan fingerprint density at radius 3 is 2.79 bits per heavy atom. The molecule has 0 aromatic heterocycles. The molecule has 1 aromatic carbocycles. The highest BCUT2D eigenvalue weighted by Gasteiger charge is 2.20. The third-order valence-electron chi connectivity index (χ3n) is 3.45. The molecule has 1 heterocycles. The molecule has 19 heavy (non-hydrogen) atoms. The molecule has 1 aromatic rings. The Bertz CT molecular complexity index is 459. The predicted molar refractivity (Wildman–Crippen MR) is 74.1 cm³/mol. The monoisotopic (exact) mass is 263 g/mol. The Morgan fingerprint density at radius 2 is 2.16 bits per heavy atom. The third-order valence-corrected chi connectivity index (χ3v) is 3.45. The van der Waals surface area contributed by atoms with E-state index in [9.17, 15) is 4.79 Å². The number of ketones is 1. The van der Waals surface area contributed by atoms with Gasteiger partial charge in [-0.15, -0.1) is 0 Å². The Hall–Kier alpha value is -1.55. The number of rotatable bonds is 4. The summed E-state index contributed by atoms with van der Waals surface area (Å²) in [6.45, 7) is 3.60. The van der Waals surface area contributed by atoms with Crippen molar-refractivity contribution in [2.75, 3.05) is 27.2 Å². The van der Waals surface area contributed by atoms with Crippen LogP contribution < -0.4 is 9.47 Å². The van der Waals surface area contributed by atoms with Crippen LogP contribution in [0.2, 0.25) is 0 Å². The molecule has 1 unspecified atom stereocenters. The van der Waals surface area contributed by atoms with Crippen molar-refractivity contribution in [3.8, 4) is 11.5 Å². The normalized spacial score (nSPS) is 20.1. The summed E-state index contributed by atoms with van der Waals surface area (Å²) in [7, 11) is 3.70. The van der Waals surface area contributed by atoms with Gasteiger partial charge in [0.2, 0.25) is 0 Å². The molecule has 104 valence electrons. The lowest BCUT2D eigenvalue weighted by atomic mass is 10.1. The van der Waals surface area contributed by atoms with E-state index in [4.69, 9.17) is 9.47 Å². The van der Waals surface area contributed by atoms with Crippen molar-refractivity contribution in [1.29, 1.82) is 0 Å². The molecular weight excluding hydrogens is 242 g/mol. The van der Waals surface area contributed by atoms with E-state index in [0.717, 1.165) is 25.9 Å². The van der Waals surface area contributed by atoms with E-state index >= 15 is 0 Å². The molecule has 1 atom stereocenters. The standard InChI is InChI=1S/C15H21NO3/c1-11(17)12-6-7-14(15(9-12)18-3)19-13-5-4-8-16(2)10-13/h6-7,9,13H,4-5,8,10H2,1-3H3. The number of Topliss-reactive ketones (excluding diaryl/α,β-unsaturated/α-hetero) is 1. The van der Waals surface area contributed by atoms with Crippen LogP contribution in [-0.4, -0.2) is 44.0 Å². The highest BCUT2D eigenvalue weighted by Crippen LogP contribution is 2.30. The molecule has 0 radical (unpaired) electrons. The highest BCUT2D eigenvalue weighted by molar-refractivity contribution is 5.94. The second-order valence-corrected chi connectivity index (χ2v) is 5.07. The fourth-order valence-electron chi connectivity index (χ4n) is 2.38. The molecule has 0 N–H and O–H groups in total. The van der Waals surface area contributed by atoms with E-state index in [0.29, 0.717) is 17.1 Å². The molecule has 0 aliphatic carbocycles. The van der Waals surface area contributed by atoms with Crippen molar-refractivity contribution in [2.45, 2.75) is 25.9 Å². The topological polar surface area (TPSA) is 38.8 Å². The van der Waals surface area contributed by atoms with Crippen LogP contribution in [0.5, 0.6) is 11.5 Å². The Kier molecular flexibility index (Phi) is 4.43. The molecule has 0 amide bonds. The molecule has 1 fully saturated rings. The number of piperidine rings is 1. The number of ether oxygens (including phenoxy) is 2. The molecule has 4 nitrogen and oxygen atoms in total. The number of hydrogen-bond acceptors (Lipinski definition) is 4. The van der Waals surface area contributed by atoms with Crippen molar-refractivity contribution in [1.82, 2.24) is 4.90 Å². The zero-order valence-corrected chi connectivity index (χ0v) is 11.8. The number of benzene rings is 1. The first kappa shape index (κ1) is 13.9. The van der Waals surface area contributed by atoms with Crippen molar-refractivity contribution in [2.24, 2.45) is 0 Å². The van der Waals surface area contributed by atoms with Crippen molar-refractivity contribution < 1.29 is 14.3 Å². The molecule has 1 aliphatic rings. The third kappa shape index (κ3) is 3.47. The average Bonchev–Trinajstić information content (AvgIpc) is 2.39. The summed E-state index contributed by atoms with van der Waals surface area (Å²) >= 11 is 0. The molecule has 1 aliphatic heterocycles. The van der Waals surface area contributed by atoms with E-state index in [1.54, 1.807) is 26.2 Å². The van der Waals surface area contributed by atoms with Gasteiger partial charge in [0.25, 0.3) is 0 Å². The van der Waals surface area contributed by atoms with Crippen molar-refractivity contribution in [3.05, 3.63) is 23.8 Å². The van der Waals surface area contributed by atoms with E-state index < -0.39 is 0 Å². The van der Waals surface area contributed by atoms with Crippen LogP contribution in [0.3, 0.4) is 0 Å². The Balaban J connectivity index is 2.13. The molecule has 4 heteroatoms. The first-order valence-corrected chi connectivity index (χ1v) is 6.64. The predicted octanol–water partition coefficient (Wildman–Crippen LogP) is 2.37. The summed E-state index contributed by atoms with van der Waals surface area (Å²) in [5.41, 5.74) is 0.643. The SMILES string of the molecule is COc1cc(C(C)=O)ccc1OC1CCCN(C)C1. The van der Waals surface area contributed by atoms with Crippen LogP contribution in [0.25, 0.3) is 0 Å². The van der Waals surface area contributed by atoms with Gasteiger partial charge in [-0.1, -0.05) is 0 Å². The van der Waals surface area contributed by atoms with Crippen molar-refractivity contribution in [3.63, 3.8) is 0 Å². The second-order valence-electron chi connectivity index (χ2n) is 5.07. The lowest BCUT2D eigenvalue weighted by Gasteiger charge is -2.30. The van der Waals surface area contributed by atoms with E-state index in [1.165, 1.54) is 0 Å². The largest absolute Gasteiger partial charge is 0.493 e. The minimum Gasteiger partial charge on any atom is -0.493 e. The van der Waals surface area contributed by atoms with Gasteiger partial charge < -0.3 is 14.4 Å². The Labute approximate surface area is 114 Å². The van der Waals surface area contributed by atoms with Crippen LogP contribution in [0, 0.1) is 0 Å². The number of nitrogens with zero attached hydrogens (tertiary/aromatic N) is 1. The molecule has 0 bridgehead atoms. The van der Waals surface area contributed by atoms with Gasteiger partial charge in [0.15, 0.2) is 17.3 Å². The maximum Gasteiger partial charge on any atom is 0.161 e. The fourth-order valence-corrected chi connectivity index (χ4v) is 2.38. The minimum atomic E-state index is 0.0299. The smallest absolute Gasteiger partial charge is 0.161 e. The second kappa shape index (κ2) is 6.06. The highest BCUT2D eigenvalue weighted by atomic mass is 16.5. The van der Waals surface area contributed by atoms with Gasteiger partial charge in [0, 0.05) is 12.1 Å². The molecule has 2 rings (SSSR count). The van der Waals surface area contributed by atoms with Gasteiger partial charge in [-0.2, -0.15) is 0 Å². The van der Waals surface area contributed by atoms with Gasteiger partial charge in [0.05, 0.1) is 7.11 Å². The molecule has 0 spiro atoms. The molecule has 1 saturated heterocycles. The molecular formula is C15H21NO3. The zero-order chi connectivity index (χ0) is 13.8. The first-order chi connectivity index (χ1) is 9.10. The number of methoxy groups -OCH3 is 1. The van der Waals surface area contributed by atoms with Crippen LogP contribution in [0.4, 0.5) is 0 Å². The summed E-state index contributed by atoms with van der Waals surface area (Å²) in [4.78, 5) is 13.6. The number of carbonyl (C=O) groups is 1. The maximum atomic E-state index is 11.4. The summed E-state index contributed by atoms with van der Waals surface area (Å²) in [6.07, 6.45) is 2.40. The Morgan fingerprint density at radius 1 is 1.37 bits per heavy atom.